The minimum atomic E-state index is -0.364. The van der Waals surface area contributed by atoms with E-state index < -0.39 is 0 Å². The maximum absolute atomic E-state index is 11.4. The van der Waals surface area contributed by atoms with Crippen molar-refractivity contribution in [2.75, 3.05) is 0 Å². The molecule has 3 N–H and O–H groups in total. The lowest BCUT2D eigenvalue weighted by Gasteiger charge is -2.05. The van der Waals surface area contributed by atoms with Gasteiger partial charge in [-0.1, -0.05) is 18.2 Å². The first kappa shape index (κ1) is 9.42. The fourth-order valence-corrected chi connectivity index (χ4v) is 1.32. The molecule has 0 fully saturated rings. The van der Waals surface area contributed by atoms with Gasteiger partial charge in [0.1, 0.15) is 5.69 Å². The number of nitrogens with one attached hydrogen (secondary N) is 1. The van der Waals surface area contributed by atoms with Gasteiger partial charge in [0.25, 0.3) is 5.91 Å². The second-order valence-electron chi connectivity index (χ2n) is 2.94. The molecule has 0 spiro atoms. The Morgan fingerprint density at radius 2 is 2.00 bits per heavy atom. The van der Waals surface area contributed by atoms with E-state index in [1.807, 2.05) is 30.3 Å². The number of carbonyl (C=O) groups is 1. The van der Waals surface area contributed by atoms with Gasteiger partial charge in [-0.2, -0.15) is 5.10 Å². The van der Waals surface area contributed by atoms with Crippen molar-refractivity contribution in [2.45, 2.75) is 0 Å². The highest BCUT2D eigenvalue weighted by Gasteiger charge is 2.10. The number of hydrazine groups is 1. The van der Waals surface area contributed by atoms with Crippen molar-refractivity contribution in [2.24, 2.45) is 5.84 Å². The van der Waals surface area contributed by atoms with Crippen molar-refractivity contribution in [3.05, 3.63) is 48.3 Å². The van der Waals surface area contributed by atoms with Gasteiger partial charge in [-0.15, -0.1) is 0 Å². The fourth-order valence-electron chi connectivity index (χ4n) is 1.32. The molecule has 76 valence electrons. The summed E-state index contributed by atoms with van der Waals surface area (Å²) >= 11 is 0. The third kappa shape index (κ3) is 1.72. The van der Waals surface area contributed by atoms with Gasteiger partial charge in [0, 0.05) is 0 Å². The van der Waals surface area contributed by atoms with Crippen molar-refractivity contribution in [3.8, 4) is 5.69 Å². The van der Waals surface area contributed by atoms with Crippen molar-refractivity contribution < 1.29 is 4.79 Å². The first-order chi connectivity index (χ1) is 7.33. The molecular formula is C10H10N4O. The van der Waals surface area contributed by atoms with Gasteiger partial charge in [0.05, 0.1) is 11.9 Å². The molecule has 0 unspecified atom stereocenters. The third-order valence-corrected chi connectivity index (χ3v) is 2.01. The maximum Gasteiger partial charge on any atom is 0.283 e. The standard InChI is InChI=1S/C10H10N4O/c11-13-10(15)9-6-7-12-14(9)8-4-2-1-3-5-8/h1-7H,11H2,(H,13,15). The summed E-state index contributed by atoms with van der Waals surface area (Å²) in [6, 6.07) is 11.0. The Kier molecular flexibility index (Phi) is 2.47. The van der Waals surface area contributed by atoms with Gasteiger partial charge in [-0.25, -0.2) is 10.5 Å². The zero-order valence-electron chi connectivity index (χ0n) is 7.92. The first-order valence-corrected chi connectivity index (χ1v) is 4.43. The van der Waals surface area contributed by atoms with Crippen LogP contribution in [0.2, 0.25) is 0 Å². The molecular weight excluding hydrogens is 192 g/mol. The van der Waals surface area contributed by atoms with Crippen LogP contribution in [-0.4, -0.2) is 15.7 Å². The van der Waals surface area contributed by atoms with E-state index in [-0.39, 0.29) is 5.91 Å². The molecule has 5 heteroatoms. The molecule has 15 heavy (non-hydrogen) atoms. The lowest BCUT2D eigenvalue weighted by molar-refractivity contribution is 0.0946. The van der Waals surface area contributed by atoms with Crippen LogP contribution in [0.5, 0.6) is 0 Å². The predicted octanol–water partition coefficient (Wildman–Crippen LogP) is 0.476. The Hall–Kier alpha value is -2.14. The van der Waals surface area contributed by atoms with Crippen LogP contribution < -0.4 is 11.3 Å². The highest BCUT2D eigenvalue weighted by Crippen LogP contribution is 2.09. The zero-order valence-corrected chi connectivity index (χ0v) is 7.92. The van der Waals surface area contributed by atoms with Crippen molar-refractivity contribution >= 4 is 5.91 Å². The van der Waals surface area contributed by atoms with Gasteiger partial charge >= 0.3 is 0 Å². The van der Waals surface area contributed by atoms with E-state index in [9.17, 15) is 4.79 Å². The number of nitrogens with zero attached hydrogens (tertiary/aromatic N) is 2. The summed E-state index contributed by atoms with van der Waals surface area (Å²) in [5.74, 6) is 4.71. The topological polar surface area (TPSA) is 72.9 Å². The lowest BCUT2D eigenvalue weighted by atomic mass is 10.3. The van der Waals surface area contributed by atoms with Crippen LogP contribution in [0, 0.1) is 0 Å². The van der Waals surface area contributed by atoms with Crippen molar-refractivity contribution in [1.82, 2.24) is 15.2 Å². The number of amides is 1. The number of rotatable bonds is 2. The number of nitrogen functional groups attached to an aromatic ring is 1. The molecule has 2 rings (SSSR count). The molecule has 0 aliphatic heterocycles. The molecule has 0 atom stereocenters. The van der Waals surface area contributed by atoms with Crippen LogP contribution >= 0.6 is 0 Å². The van der Waals surface area contributed by atoms with E-state index in [4.69, 9.17) is 5.84 Å². The van der Waals surface area contributed by atoms with E-state index >= 15 is 0 Å². The number of nitrogens with two attached hydrogens (primary N) is 1. The van der Waals surface area contributed by atoms with E-state index in [1.165, 1.54) is 4.68 Å². The molecule has 1 aromatic carbocycles. The van der Waals surface area contributed by atoms with Crippen LogP contribution in [0.15, 0.2) is 42.6 Å². The van der Waals surface area contributed by atoms with Crippen LogP contribution in [0.3, 0.4) is 0 Å². The molecule has 1 aromatic heterocycles. The summed E-state index contributed by atoms with van der Waals surface area (Å²) in [4.78, 5) is 11.4. The minimum Gasteiger partial charge on any atom is -0.289 e. The summed E-state index contributed by atoms with van der Waals surface area (Å²) in [5, 5.41) is 4.06. The third-order valence-electron chi connectivity index (χ3n) is 2.01. The van der Waals surface area contributed by atoms with E-state index in [0.29, 0.717) is 5.69 Å². The van der Waals surface area contributed by atoms with E-state index in [0.717, 1.165) is 5.69 Å². The second-order valence-corrected chi connectivity index (χ2v) is 2.94. The number of hydrogen-bond donors (Lipinski definition) is 2. The number of benzene rings is 1. The number of para-hydroxylation sites is 1. The molecule has 0 saturated heterocycles. The van der Waals surface area contributed by atoms with Crippen molar-refractivity contribution in [3.63, 3.8) is 0 Å². The average Bonchev–Trinajstić information content (AvgIpc) is 2.78. The fraction of sp³-hybridized carbons (Fsp3) is 0. The molecule has 0 radical (unpaired) electrons. The summed E-state index contributed by atoms with van der Waals surface area (Å²) in [6.07, 6.45) is 1.55. The van der Waals surface area contributed by atoms with E-state index in [1.54, 1.807) is 12.3 Å². The number of carbonyl (C=O) groups excluding carboxylic acids is 1. The molecule has 0 aliphatic rings. The van der Waals surface area contributed by atoms with Gasteiger partial charge in [-0.3, -0.25) is 10.2 Å². The minimum absolute atomic E-state index is 0.364. The number of hydrogen-bond acceptors (Lipinski definition) is 3. The highest BCUT2D eigenvalue weighted by atomic mass is 16.2. The lowest BCUT2D eigenvalue weighted by Crippen LogP contribution is -2.31. The Morgan fingerprint density at radius 3 is 2.67 bits per heavy atom. The Balaban J connectivity index is 2.46. The zero-order chi connectivity index (χ0) is 10.7. The quantitative estimate of drug-likeness (QED) is 0.422. The predicted molar refractivity (Wildman–Crippen MR) is 55.2 cm³/mol. The summed E-state index contributed by atoms with van der Waals surface area (Å²) in [5.41, 5.74) is 3.30. The first-order valence-electron chi connectivity index (χ1n) is 4.43. The van der Waals surface area contributed by atoms with Gasteiger partial charge in [-0.05, 0) is 18.2 Å². The average molecular weight is 202 g/mol. The van der Waals surface area contributed by atoms with Crippen LogP contribution in [-0.2, 0) is 0 Å². The van der Waals surface area contributed by atoms with Gasteiger partial charge in [0.15, 0.2) is 0 Å². The highest BCUT2D eigenvalue weighted by molar-refractivity contribution is 5.92. The maximum atomic E-state index is 11.4. The van der Waals surface area contributed by atoms with E-state index in [2.05, 4.69) is 10.5 Å². The molecule has 0 saturated carbocycles. The Bertz CT molecular complexity index is 463. The normalized spacial score (nSPS) is 9.93. The SMILES string of the molecule is NNC(=O)c1ccnn1-c1ccccc1. The molecule has 1 heterocycles. The second kappa shape index (κ2) is 3.93. The molecule has 0 bridgehead atoms. The summed E-state index contributed by atoms with van der Waals surface area (Å²) in [7, 11) is 0. The van der Waals surface area contributed by atoms with Crippen LogP contribution in [0.1, 0.15) is 10.5 Å². The Labute approximate surface area is 86.5 Å². The van der Waals surface area contributed by atoms with Gasteiger partial charge in [0.2, 0.25) is 0 Å². The molecule has 2 aromatic rings. The van der Waals surface area contributed by atoms with Crippen LogP contribution in [0.4, 0.5) is 0 Å². The molecule has 5 nitrogen and oxygen atoms in total. The smallest absolute Gasteiger partial charge is 0.283 e. The number of aromatic nitrogens is 2. The van der Waals surface area contributed by atoms with Crippen molar-refractivity contribution in [1.29, 1.82) is 0 Å². The van der Waals surface area contributed by atoms with Gasteiger partial charge < -0.3 is 0 Å². The largest absolute Gasteiger partial charge is 0.289 e. The summed E-state index contributed by atoms with van der Waals surface area (Å²) in [6.45, 7) is 0. The Morgan fingerprint density at radius 1 is 1.27 bits per heavy atom. The van der Waals surface area contributed by atoms with Crippen LogP contribution in [0.25, 0.3) is 5.69 Å². The summed E-state index contributed by atoms with van der Waals surface area (Å²) < 4.78 is 1.53. The monoisotopic (exact) mass is 202 g/mol. The molecule has 1 amide bonds. The molecule has 0 aliphatic carbocycles.